The Morgan fingerprint density at radius 3 is 3.00 bits per heavy atom. The topological polar surface area (TPSA) is 74.6 Å². The van der Waals surface area contributed by atoms with Gasteiger partial charge in [-0.3, -0.25) is 9.79 Å². The van der Waals surface area contributed by atoms with Crippen LogP contribution in [0.1, 0.15) is 25.1 Å². The van der Waals surface area contributed by atoms with E-state index in [2.05, 4.69) is 25.5 Å². The van der Waals surface area contributed by atoms with E-state index in [0.29, 0.717) is 13.0 Å². The molecule has 1 aromatic rings. The molecule has 8 heteroatoms. The first-order valence-corrected chi connectivity index (χ1v) is 7.80. The van der Waals surface area contributed by atoms with Crippen LogP contribution in [0.3, 0.4) is 0 Å². The lowest BCUT2D eigenvalue weighted by Crippen LogP contribution is -2.51. The van der Waals surface area contributed by atoms with Crippen LogP contribution in [0, 0.1) is 5.41 Å². The van der Waals surface area contributed by atoms with Crippen molar-refractivity contribution in [2.75, 3.05) is 26.7 Å². The van der Waals surface area contributed by atoms with Gasteiger partial charge in [0.1, 0.15) is 5.82 Å². The lowest BCUT2D eigenvalue weighted by molar-refractivity contribution is -0.119. The number of nitrogens with zero attached hydrogens (tertiary/aromatic N) is 4. The zero-order valence-electron chi connectivity index (χ0n) is 13.7. The summed E-state index contributed by atoms with van der Waals surface area (Å²) in [6, 6.07) is 0. The highest BCUT2D eigenvalue weighted by atomic mass is 127. The number of piperidine rings is 1. The Morgan fingerprint density at radius 1 is 1.57 bits per heavy atom. The first-order valence-electron chi connectivity index (χ1n) is 7.80. The molecule has 2 fully saturated rings. The number of aromatic nitrogens is 2. The second-order valence-electron chi connectivity index (χ2n) is 6.33. The Kier molecular flexibility index (Phi) is 5.88. The first-order chi connectivity index (χ1) is 10.6. The first kappa shape index (κ1) is 18.0. The summed E-state index contributed by atoms with van der Waals surface area (Å²) < 4.78 is 2.00. The van der Waals surface area contributed by atoms with E-state index in [4.69, 9.17) is 0 Å². The summed E-state index contributed by atoms with van der Waals surface area (Å²) in [5.41, 5.74) is 0.0795. The van der Waals surface area contributed by atoms with Gasteiger partial charge in [-0.15, -0.1) is 24.0 Å². The van der Waals surface area contributed by atoms with Crippen molar-refractivity contribution in [3.05, 3.63) is 18.2 Å². The third-order valence-corrected chi connectivity index (χ3v) is 4.69. The van der Waals surface area contributed by atoms with Gasteiger partial charge in [0.2, 0.25) is 5.91 Å². The number of carbonyl (C=O) groups is 1. The van der Waals surface area contributed by atoms with Crippen molar-refractivity contribution < 1.29 is 4.79 Å². The molecule has 23 heavy (non-hydrogen) atoms. The number of guanidine groups is 1. The van der Waals surface area contributed by atoms with Gasteiger partial charge in [-0.05, 0) is 12.8 Å². The van der Waals surface area contributed by atoms with Gasteiger partial charge in [0.25, 0.3) is 0 Å². The molecule has 7 nitrogen and oxygen atoms in total. The van der Waals surface area contributed by atoms with Crippen LogP contribution in [0.15, 0.2) is 17.4 Å². The highest BCUT2D eigenvalue weighted by Crippen LogP contribution is 2.35. The third-order valence-electron chi connectivity index (χ3n) is 4.69. The lowest BCUT2D eigenvalue weighted by atomic mass is 9.79. The maximum absolute atomic E-state index is 11.6. The normalized spacial score (nSPS) is 24.5. The molecule has 0 aliphatic carbocycles. The number of imidazole rings is 1. The number of hydrogen-bond acceptors (Lipinski definition) is 3. The average molecular weight is 432 g/mol. The molecule has 1 atom stereocenters. The monoisotopic (exact) mass is 432 g/mol. The van der Waals surface area contributed by atoms with Gasteiger partial charge in [-0.1, -0.05) is 0 Å². The second-order valence-corrected chi connectivity index (χ2v) is 6.33. The van der Waals surface area contributed by atoms with Crippen molar-refractivity contribution in [3.63, 3.8) is 0 Å². The van der Waals surface area contributed by atoms with Crippen molar-refractivity contribution in [1.29, 1.82) is 0 Å². The molecule has 2 N–H and O–H groups in total. The van der Waals surface area contributed by atoms with Gasteiger partial charge in [0.15, 0.2) is 5.96 Å². The van der Waals surface area contributed by atoms with E-state index in [0.717, 1.165) is 44.3 Å². The number of carbonyl (C=O) groups excluding carboxylic acids is 1. The van der Waals surface area contributed by atoms with Crippen LogP contribution in [0.2, 0.25) is 0 Å². The van der Waals surface area contributed by atoms with Gasteiger partial charge in [-0.2, -0.15) is 0 Å². The summed E-state index contributed by atoms with van der Waals surface area (Å²) in [5.74, 6) is 2.05. The summed E-state index contributed by atoms with van der Waals surface area (Å²) in [7, 11) is 3.79. The van der Waals surface area contributed by atoms with Crippen LogP contribution in [0.5, 0.6) is 0 Å². The molecule has 2 saturated heterocycles. The van der Waals surface area contributed by atoms with Gasteiger partial charge >= 0.3 is 0 Å². The van der Waals surface area contributed by atoms with Gasteiger partial charge in [0.05, 0.1) is 6.54 Å². The number of halogens is 1. The number of nitrogens with one attached hydrogen (secondary N) is 2. The van der Waals surface area contributed by atoms with E-state index in [9.17, 15) is 4.79 Å². The highest BCUT2D eigenvalue weighted by molar-refractivity contribution is 14.0. The summed E-state index contributed by atoms with van der Waals surface area (Å²) in [5, 5.41) is 6.37. The molecule has 0 bridgehead atoms. The fraction of sp³-hybridized carbons (Fsp3) is 0.667. The van der Waals surface area contributed by atoms with Crippen LogP contribution in [0.4, 0.5) is 0 Å². The lowest BCUT2D eigenvalue weighted by Gasteiger charge is -2.40. The number of aliphatic imine (C=N–C) groups is 1. The number of rotatable bonds is 2. The zero-order chi connectivity index (χ0) is 15.6. The Morgan fingerprint density at radius 2 is 2.39 bits per heavy atom. The summed E-state index contributed by atoms with van der Waals surface area (Å²) in [6.07, 6.45) is 6.58. The SMILES string of the molecule is CN=C(NCc1nccn1C)N1CCCC2(CNC(=O)C2)C1.I. The van der Waals surface area contributed by atoms with Crippen molar-refractivity contribution >= 4 is 35.8 Å². The maximum Gasteiger partial charge on any atom is 0.220 e. The summed E-state index contributed by atoms with van der Waals surface area (Å²) in [4.78, 5) is 22.6. The van der Waals surface area contributed by atoms with Crippen molar-refractivity contribution in [1.82, 2.24) is 25.1 Å². The van der Waals surface area contributed by atoms with Crippen molar-refractivity contribution in [2.45, 2.75) is 25.8 Å². The summed E-state index contributed by atoms with van der Waals surface area (Å²) >= 11 is 0. The van der Waals surface area contributed by atoms with E-state index in [-0.39, 0.29) is 35.3 Å². The fourth-order valence-electron chi connectivity index (χ4n) is 3.49. The zero-order valence-corrected chi connectivity index (χ0v) is 16.0. The third kappa shape index (κ3) is 3.96. The quantitative estimate of drug-likeness (QED) is 0.411. The second kappa shape index (κ2) is 7.50. The Labute approximate surface area is 153 Å². The maximum atomic E-state index is 11.6. The number of hydrogen-bond donors (Lipinski definition) is 2. The fourth-order valence-corrected chi connectivity index (χ4v) is 3.49. The van der Waals surface area contributed by atoms with Crippen LogP contribution < -0.4 is 10.6 Å². The van der Waals surface area contributed by atoms with Gasteiger partial charge < -0.3 is 20.1 Å². The van der Waals surface area contributed by atoms with Crippen molar-refractivity contribution in [2.24, 2.45) is 17.5 Å². The molecule has 3 rings (SSSR count). The van der Waals surface area contributed by atoms with Crippen LogP contribution in [-0.4, -0.2) is 53.0 Å². The smallest absolute Gasteiger partial charge is 0.220 e. The predicted molar refractivity (Wildman–Crippen MR) is 99.7 cm³/mol. The van der Waals surface area contributed by atoms with Crippen LogP contribution in [0.25, 0.3) is 0 Å². The van der Waals surface area contributed by atoms with E-state index in [1.54, 1.807) is 13.2 Å². The molecule has 1 aromatic heterocycles. The van der Waals surface area contributed by atoms with Crippen LogP contribution in [-0.2, 0) is 18.4 Å². The molecule has 3 heterocycles. The van der Waals surface area contributed by atoms with Crippen molar-refractivity contribution in [3.8, 4) is 0 Å². The van der Waals surface area contributed by atoms with Gasteiger partial charge in [-0.25, -0.2) is 4.98 Å². The molecular weight excluding hydrogens is 407 g/mol. The standard InChI is InChI=1S/C15H24N6O.HI/c1-16-14(18-9-12-17-5-7-20(12)2)21-6-3-4-15(11-21)8-13(22)19-10-15;/h5,7H,3-4,6,8-11H2,1-2H3,(H,16,18)(H,19,22);1H. The predicted octanol–water partition coefficient (Wildman–Crippen LogP) is 0.716. The number of amides is 1. The largest absolute Gasteiger partial charge is 0.355 e. The molecule has 1 unspecified atom stereocenters. The molecule has 1 spiro atoms. The Bertz CT molecular complexity index is 586. The van der Waals surface area contributed by atoms with E-state index in [1.165, 1.54) is 0 Å². The molecule has 0 aromatic carbocycles. The van der Waals surface area contributed by atoms with E-state index >= 15 is 0 Å². The minimum atomic E-state index is 0. The Balaban J connectivity index is 0.00000192. The number of aryl methyl sites for hydroxylation is 1. The molecule has 2 aliphatic rings. The number of likely N-dealkylation sites (tertiary alicyclic amines) is 1. The molecular formula is C15H25IN6O. The van der Waals surface area contributed by atoms with Crippen LogP contribution >= 0.6 is 24.0 Å². The van der Waals surface area contributed by atoms with E-state index in [1.807, 2.05) is 17.8 Å². The van der Waals surface area contributed by atoms with E-state index < -0.39 is 0 Å². The molecule has 0 saturated carbocycles. The Hall–Kier alpha value is -1.32. The minimum Gasteiger partial charge on any atom is -0.355 e. The molecule has 128 valence electrons. The molecule has 2 aliphatic heterocycles. The molecule has 0 radical (unpaired) electrons. The summed E-state index contributed by atoms with van der Waals surface area (Å²) in [6.45, 7) is 3.30. The minimum absolute atomic E-state index is 0. The average Bonchev–Trinajstić information content (AvgIpc) is 3.07. The highest BCUT2D eigenvalue weighted by Gasteiger charge is 2.42. The van der Waals surface area contributed by atoms with Gasteiger partial charge in [0, 0.05) is 58.0 Å². The molecule has 1 amide bonds.